The van der Waals surface area contributed by atoms with Gasteiger partial charge in [-0.25, -0.2) is 4.98 Å². The molecule has 33 heavy (non-hydrogen) atoms. The summed E-state index contributed by atoms with van der Waals surface area (Å²) in [4.78, 5) is 33.3. The standard InChI is InChI=1S/C25H23N3O3S2/c1-31-18-11-7-8-16(14-18)26-21(29)15-32-25-27-23-22(19-12-5-6-13-20(19)33-23)24(30)28(25)17-9-3-2-4-10-17/h2-4,7-11,14H,5-6,12-13,15H2,1H3,(H,26,29). The van der Waals surface area contributed by atoms with Crippen LogP contribution in [-0.2, 0) is 17.6 Å². The number of benzene rings is 2. The van der Waals surface area contributed by atoms with Gasteiger partial charge < -0.3 is 10.1 Å². The molecule has 1 N–H and O–H groups in total. The number of thioether (sulfide) groups is 1. The van der Waals surface area contributed by atoms with Crippen molar-refractivity contribution < 1.29 is 9.53 Å². The maximum absolute atomic E-state index is 13.7. The van der Waals surface area contributed by atoms with E-state index in [0.29, 0.717) is 16.6 Å². The Balaban J connectivity index is 1.49. The number of nitrogens with zero attached hydrogens (tertiary/aromatic N) is 2. The maximum Gasteiger partial charge on any atom is 0.267 e. The molecule has 0 saturated carbocycles. The zero-order chi connectivity index (χ0) is 22.8. The summed E-state index contributed by atoms with van der Waals surface area (Å²) < 4.78 is 6.86. The Kier molecular flexibility index (Phi) is 6.20. The molecule has 2 aromatic carbocycles. The van der Waals surface area contributed by atoms with Gasteiger partial charge >= 0.3 is 0 Å². The van der Waals surface area contributed by atoms with E-state index < -0.39 is 0 Å². The Hall–Kier alpha value is -3.10. The molecule has 0 unspecified atom stereocenters. The van der Waals surface area contributed by atoms with Gasteiger partial charge in [0.05, 0.1) is 23.9 Å². The maximum atomic E-state index is 13.7. The number of hydrogen-bond acceptors (Lipinski definition) is 6. The lowest BCUT2D eigenvalue weighted by atomic mass is 9.97. The monoisotopic (exact) mass is 477 g/mol. The van der Waals surface area contributed by atoms with E-state index in [4.69, 9.17) is 9.72 Å². The molecule has 4 aromatic rings. The third-order valence-electron chi connectivity index (χ3n) is 5.66. The van der Waals surface area contributed by atoms with E-state index in [1.54, 1.807) is 29.1 Å². The van der Waals surface area contributed by atoms with Crippen molar-refractivity contribution in [3.8, 4) is 11.4 Å². The fourth-order valence-electron chi connectivity index (χ4n) is 4.12. The number of carbonyl (C=O) groups excluding carboxylic acids is 1. The minimum absolute atomic E-state index is 0.0543. The molecule has 8 heteroatoms. The zero-order valence-corrected chi connectivity index (χ0v) is 19.8. The molecule has 168 valence electrons. The molecule has 1 aliphatic carbocycles. The second-order valence-corrected chi connectivity index (χ2v) is 9.86. The quantitative estimate of drug-likeness (QED) is 0.310. The van der Waals surface area contributed by atoms with Crippen molar-refractivity contribution in [1.29, 1.82) is 0 Å². The van der Waals surface area contributed by atoms with Gasteiger partial charge in [0.2, 0.25) is 5.91 Å². The highest BCUT2D eigenvalue weighted by Gasteiger charge is 2.23. The summed E-state index contributed by atoms with van der Waals surface area (Å²) >= 11 is 2.89. The molecule has 0 atom stereocenters. The predicted octanol–water partition coefficient (Wildman–Crippen LogP) is 5.07. The van der Waals surface area contributed by atoms with Gasteiger partial charge in [-0.15, -0.1) is 11.3 Å². The molecule has 0 saturated heterocycles. The van der Waals surface area contributed by atoms with Crippen LogP contribution in [0.5, 0.6) is 5.75 Å². The Bertz CT molecular complexity index is 1380. The first-order valence-corrected chi connectivity index (χ1v) is 12.6. The van der Waals surface area contributed by atoms with Crippen LogP contribution in [-0.4, -0.2) is 28.3 Å². The number of nitrogens with one attached hydrogen (secondary N) is 1. The summed E-state index contributed by atoms with van der Waals surface area (Å²) in [5.74, 6) is 0.632. The molecule has 1 amide bonds. The molecule has 5 rings (SSSR count). The average molecular weight is 478 g/mol. The predicted molar refractivity (Wildman–Crippen MR) is 134 cm³/mol. The number of aromatic nitrogens is 2. The van der Waals surface area contributed by atoms with Crippen LogP contribution in [0.1, 0.15) is 23.3 Å². The van der Waals surface area contributed by atoms with Crippen LogP contribution in [0.2, 0.25) is 0 Å². The van der Waals surface area contributed by atoms with Crippen LogP contribution in [0.4, 0.5) is 5.69 Å². The fraction of sp³-hybridized carbons (Fsp3) is 0.240. The minimum Gasteiger partial charge on any atom is -0.497 e. The summed E-state index contributed by atoms with van der Waals surface area (Å²) in [5.41, 5.74) is 2.52. The van der Waals surface area contributed by atoms with Gasteiger partial charge in [0, 0.05) is 16.6 Å². The number of carbonyl (C=O) groups is 1. The van der Waals surface area contributed by atoms with E-state index in [1.165, 1.54) is 16.6 Å². The van der Waals surface area contributed by atoms with Crippen molar-refractivity contribution in [3.63, 3.8) is 0 Å². The van der Waals surface area contributed by atoms with Gasteiger partial charge in [-0.3, -0.25) is 14.2 Å². The van der Waals surface area contributed by atoms with Gasteiger partial charge in [0.25, 0.3) is 5.56 Å². The van der Waals surface area contributed by atoms with Gasteiger partial charge in [-0.05, 0) is 55.5 Å². The largest absolute Gasteiger partial charge is 0.497 e. The summed E-state index contributed by atoms with van der Waals surface area (Å²) in [6.07, 6.45) is 4.19. The summed E-state index contributed by atoms with van der Waals surface area (Å²) in [5, 5.41) is 4.15. The number of fused-ring (bicyclic) bond motifs is 3. The third kappa shape index (κ3) is 4.41. The highest BCUT2D eigenvalue weighted by atomic mass is 32.2. The molecular formula is C25H23N3O3S2. The summed E-state index contributed by atoms with van der Waals surface area (Å²) in [6, 6.07) is 16.7. The first-order chi connectivity index (χ1) is 16.1. The smallest absolute Gasteiger partial charge is 0.267 e. The highest BCUT2D eigenvalue weighted by Crippen LogP contribution is 2.35. The average Bonchev–Trinajstić information content (AvgIpc) is 3.22. The number of methoxy groups -OCH3 is 1. The molecule has 1 aliphatic rings. The summed E-state index contributed by atoms with van der Waals surface area (Å²) in [7, 11) is 1.59. The normalized spacial score (nSPS) is 13.0. The minimum atomic E-state index is -0.173. The van der Waals surface area contributed by atoms with Gasteiger partial charge in [-0.1, -0.05) is 36.0 Å². The Morgan fingerprint density at radius 1 is 1.15 bits per heavy atom. The molecule has 0 spiro atoms. The van der Waals surface area contributed by atoms with Crippen molar-refractivity contribution in [2.24, 2.45) is 0 Å². The molecule has 2 heterocycles. The van der Waals surface area contributed by atoms with E-state index in [-0.39, 0.29) is 17.2 Å². The van der Waals surface area contributed by atoms with Crippen molar-refractivity contribution in [2.75, 3.05) is 18.2 Å². The van der Waals surface area contributed by atoms with Crippen LogP contribution >= 0.6 is 23.1 Å². The van der Waals surface area contributed by atoms with E-state index in [9.17, 15) is 9.59 Å². The van der Waals surface area contributed by atoms with Gasteiger partial charge in [0.15, 0.2) is 5.16 Å². The molecular weight excluding hydrogens is 454 g/mol. The number of anilines is 1. The highest BCUT2D eigenvalue weighted by molar-refractivity contribution is 7.99. The van der Waals surface area contributed by atoms with Crippen LogP contribution in [0, 0.1) is 0 Å². The Morgan fingerprint density at radius 2 is 1.97 bits per heavy atom. The first kappa shape index (κ1) is 21.7. The SMILES string of the molecule is COc1cccc(NC(=O)CSc2nc3sc4c(c3c(=O)n2-c2ccccc2)CCCC4)c1. The van der Waals surface area contributed by atoms with Crippen molar-refractivity contribution in [3.05, 3.63) is 75.4 Å². The molecule has 2 aromatic heterocycles. The van der Waals surface area contributed by atoms with E-state index >= 15 is 0 Å². The number of thiophene rings is 1. The Morgan fingerprint density at radius 3 is 2.79 bits per heavy atom. The number of aryl methyl sites for hydroxylation is 2. The van der Waals surface area contributed by atoms with Gasteiger partial charge in [0.1, 0.15) is 10.6 Å². The van der Waals surface area contributed by atoms with Crippen LogP contribution in [0.3, 0.4) is 0 Å². The van der Waals surface area contributed by atoms with Crippen molar-refractivity contribution in [1.82, 2.24) is 9.55 Å². The Labute approximate surface area is 199 Å². The molecule has 0 aliphatic heterocycles. The lowest BCUT2D eigenvalue weighted by Crippen LogP contribution is -2.23. The van der Waals surface area contributed by atoms with Gasteiger partial charge in [-0.2, -0.15) is 0 Å². The van der Waals surface area contributed by atoms with E-state index in [2.05, 4.69) is 5.32 Å². The van der Waals surface area contributed by atoms with Crippen molar-refractivity contribution >= 4 is 44.9 Å². The number of para-hydroxylation sites is 1. The van der Waals surface area contributed by atoms with Crippen LogP contribution < -0.4 is 15.6 Å². The van der Waals surface area contributed by atoms with Crippen LogP contribution in [0.25, 0.3) is 15.9 Å². The second-order valence-electron chi connectivity index (χ2n) is 7.83. The first-order valence-electron chi connectivity index (χ1n) is 10.8. The van der Waals surface area contributed by atoms with E-state index in [0.717, 1.165) is 47.2 Å². The molecule has 0 fully saturated rings. The number of hydrogen-bond donors (Lipinski definition) is 1. The topological polar surface area (TPSA) is 73.2 Å². The molecule has 0 bridgehead atoms. The third-order valence-corrected chi connectivity index (χ3v) is 7.78. The lowest BCUT2D eigenvalue weighted by molar-refractivity contribution is -0.113. The second kappa shape index (κ2) is 9.41. The molecule has 6 nitrogen and oxygen atoms in total. The van der Waals surface area contributed by atoms with Crippen molar-refractivity contribution in [2.45, 2.75) is 30.8 Å². The number of ether oxygens (including phenoxy) is 1. The summed E-state index contributed by atoms with van der Waals surface area (Å²) in [6.45, 7) is 0. The van der Waals surface area contributed by atoms with E-state index in [1.807, 2.05) is 48.5 Å². The molecule has 0 radical (unpaired) electrons. The van der Waals surface area contributed by atoms with Crippen LogP contribution in [0.15, 0.2) is 64.5 Å². The number of amides is 1. The zero-order valence-electron chi connectivity index (χ0n) is 18.2. The fourth-order valence-corrected chi connectivity index (χ4v) is 6.23. The number of rotatable bonds is 6. The lowest BCUT2D eigenvalue weighted by Gasteiger charge is -2.13.